The van der Waals surface area contributed by atoms with Crippen LogP contribution >= 0.6 is 0 Å². The predicted molar refractivity (Wildman–Crippen MR) is 105 cm³/mol. The zero-order valence-corrected chi connectivity index (χ0v) is 16.4. The molecule has 0 saturated carbocycles. The van der Waals surface area contributed by atoms with E-state index in [2.05, 4.69) is 10.0 Å². The molecule has 0 aromatic heterocycles. The molecule has 0 radical (unpaired) electrons. The maximum Gasteiger partial charge on any atom is 0.279 e. The Bertz CT molecular complexity index is 1030. The minimum absolute atomic E-state index is 0.0711. The van der Waals surface area contributed by atoms with Crippen LogP contribution in [0.15, 0.2) is 58.5 Å². The van der Waals surface area contributed by atoms with Gasteiger partial charge >= 0.3 is 0 Å². The SMILES string of the molecule is Cc1ccc(S(=O)(=O)N2N=C3C4CCN(CC4)C3C2c2ccc(F)cc2)cc1. The van der Waals surface area contributed by atoms with Crippen molar-refractivity contribution in [2.75, 3.05) is 13.1 Å². The van der Waals surface area contributed by atoms with Gasteiger partial charge in [-0.1, -0.05) is 29.8 Å². The van der Waals surface area contributed by atoms with Crippen LogP contribution in [0.1, 0.15) is 30.0 Å². The van der Waals surface area contributed by atoms with E-state index in [0.717, 1.165) is 42.8 Å². The van der Waals surface area contributed by atoms with Gasteiger partial charge in [0.15, 0.2) is 0 Å². The Morgan fingerprint density at radius 3 is 2.25 bits per heavy atom. The average Bonchev–Trinajstić information content (AvgIpc) is 3.13. The second-order valence-electron chi connectivity index (χ2n) is 7.87. The number of hydrogen-bond donors (Lipinski definition) is 0. The second-order valence-corrected chi connectivity index (χ2v) is 9.66. The summed E-state index contributed by atoms with van der Waals surface area (Å²) in [5, 5.41) is 4.67. The van der Waals surface area contributed by atoms with E-state index in [1.54, 1.807) is 36.4 Å². The molecule has 28 heavy (non-hydrogen) atoms. The summed E-state index contributed by atoms with van der Waals surface area (Å²) >= 11 is 0. The van der Waals surface area contributed by atoms with Gasteiger partial charge in [0.1, 0.15) is 11.9 Å². The summed E-state index contributed by atoms with van der Waals surface area (Å²) in [6.07, 6.45) is 2.04. The first-order valence-electron chi connectivity index (χ1n) is 9.64. The van der Waals surface area contributed by atoms with Gasteiger partial charge in [0.2, 0.25) is 0 Å². The summed E-state index contributed by atoms with van der Waals surface area (Å²) in [6.45, 7) is 3.82. The van der Waals surface area contributed by atoms with Gasteiger partial charge in [-0.2, -0.15) is 17.9 Å². The van der Waals surface area contributed by atoms with Crippen LogP contribution in [0.5, 0.6) is 0 Å². The van der Waals surface area contributed by atoms with Crippen molar-refractivity contribution in [3.8, 4) is 0 Å². The quantitative estimate of drug-likeness (QED) is 0.796. The van der Waals surface area contributed by atoms with Crippen LogP contribution in [0.3, 0.4) is 0 Å². The molecule has 3 fully saturated rings. The molecule has 6 rings (SSSR count). The lowest BCUT2D eigenvalue weighted by molar-refractivity contribution is 0.119. The van der Waals surface area contributed by atoms with Gasteiger partial charge in [0.25, 0.3) is 10.0 Å². The molecule has 2 bridgehead atoms. The third-order valence-corrected chi connectivity index (χ3v) is 7.84. The number of halogens is 1. The highest BCUT2D eigenvalue weighted by Crippen LogP contribution is 2.45. The molecule has 7 heteroatoms. The molecule has 0 spiro atoms. The highest BCUT2D eigenvalue weighted by atomic mass is 32.2. The van der Waals surface area contributed by atoms with Crippen LogP contribution in [-0.2, 0) is 10.0 Å². The predicted octanol–water partition coefficient (Wildman–Crippen LogP) is 3.33. The van der Waals surface area contributed by atoms with E-state index < -0.39 is 16.1 Å². The summed E-state index contributed by atoms with van der Waals surface area (Å²) in [7, 11) is -3.81. The van der Waals surface area contributed by atoms with E-state index in [9.17, 15) is 12.8 Å². The Hall–Kier alpha value is -2.25. The third-order valence-electron chi connectivity index (χ3n) is 6.17. The largest absolute Gasteiger partial charge is 0.293 e. The number of rotatable bonds is 3. The van der Waals surface area contributed by atoms with Crippen molar-refractivity contribution in [1.29, 1.82) is 0 Å². The molecule has 2 aromatic rings. The lowest BCUT2D eigenvalue weighted by Crippen LogP contribution is -2.56. The number of hydrazone groups is 1. The minimum Gasteiger partial charge on any atom is -0.293 e. The molecule has 3 saturated heterocycles. The first-order chi connectivity index (χ1) is 13.4. The first-order valence-corrected chi connectivity index (χ1v) is 11.1. The van der Waals surface area contributed by atoms with E-state index in [0.29, 0.717) is 5.92 Å². The Morgan fingerprint density at radius 1 is 0.964 bits per heavy atom. The molecule has 4 aliphatic heterocycles. The molecule has 2 unspecified atom stereocenters. The van der Waals surface area contributed by atoms with Gasteiger partial charge in [-0.3, -0.25) is 4.90 Å². The molecule has 0 aliphatic carbocycles. The molecule has 2 atom stereocenters. The monoisotopic (exact) mass is 399 g/mol. The van der Waals surface area contributed by atoms with Crippen molar-refractivity contribution in [2.45, 2.75) is 36.7 Å². The van der Waals surface area contributed by atoms with E-state index in [-0.39, 0.29) is 16.8 Å². The highest BCUT2D eigenvalue weighted by Gasteiger charge is 2.52. The summed E-state index contributed by atoms with van der Waals surface area (Å²) in [4.78, 5) is 2.56. The van der Waals surface area contributed by atoms with Crippen molar-refractivity contribution in [3.63, 3.8) is 0 Å². The molecule has 4 aliphatic rings. The summed E-state index contributed by atoms with van der Waals surface area (Å²) in [6, 6.07) is 12.4. The normalized spacial score (nSPS) is 28.9. The highest BCUT2D eigenvalue weighted by molar-refractivity contribution is 7.89. The smallest absolute Gasteiger partial charge is 0.279 e. The Kier molecular flexibility index (Phi) is 4.07. The zero-order valence-electron chi connectivity index (χ0n) is 15.6. The average molecular weight is 399 g/mol. The number of aryl methyl sites for hydroxylation is 1. The topological polar surface area (TPSA) is 53.0 Å². The molecule has 5 nitrogen and oxygen atoms in total. The fourth-order valence-corrected chi connectivity index (χ4v) is 6.13. The van der Waals surface area contributed by atoms with Gasteiger partial charge in [-0.15, -0.1) is 0 Å². The molecular weight excluding hydrogens is 377 g/mol. The van der Waals surface area contributed by atoms with Crippen LogP contribution in [-0.4, -0.2) is 42.6 Å². The molecule has 4 heterocycles. The fraction of sp³-hybridized carbons (Fsp3) is 0.381. The second kappa shape index (κ2) is 6.39. The first kappa shape index (κ1) is 17.8. The summed E-state index contributed by atoms with van der Waals surface area (Å²) in [5.41, 5.74) is 2.73. The van der Waals surface area contributed by atoms with Crippen LogP contribution in [0, 0.1) is 18.7 Å². The van der Waals surface area contributed by atoms with E-state index in [4.69, 9.17) is 0 Å². The lowest BCUT2D eigenvalue weighted by atomic mass is 9.78. The van der Waals surface area contributed by atoms with Crippen molar-refractivity contribution < 1.29 is 12.8 Å². The zero-order chi connectivity index (χ0) is 19.5. The molecule has 2 aromatic carbocycles. The van der Waals surface area contributed by atoms with Crippen LogP contribution in [0.25, 0.3) is 0 Å². The Balaban J connectivity index is 1.63. The minimum atomic E-state index is -3.81. The third kappa shape index (κ3) is 2.68. The number of nitrogens with zero attached hydrogens (tertiary/aromatic N) is 3. The molecule has 146 valence electrons. The molecule has 0 amide bonds. The van der Waals surface area contributed by atoms with Crippen LogP contribution < -0.4 is 0 Å². The standard InChI is InChI=1S/C21H22FN3O2S/c1-14-2-8-18(9-3-14)28(26,27)25-20(16-4-6-17(22)7-5-16)21-19(23-25)15-10-12-24(21)13-11-15/h2-9,15,20-21H,10-13H2,1H3. The fourth-order valence-electron chi connectivity index (χ4n) is 4.69. The van der Waals surface area contributed by atoms with Gasteiger partial charge in [-0.05, 0) is 62.7 Å². The van der Waals surface area contributed by atoms with Gasteiger partial charge in [-0.25, -0.2) is 4.39 Å². The lowest BCUT2D eigenvalue weighted by Gasteiger charge is -2.46. The summed E-state index contributed by atoms with van der Waals surface area (Å²) in [5.74, 6) is -0.00234. The maximum absolute atomic E-state index is 13.5. The van der Waals surface area contributed by atoms with E-state index in [1.807, 2.05) is 6.92 Å². The van der Waals surface area contributed by atoms with Crippen molar-refractivity contribution in [3.05, 3.63) is 65.5 Å². The number of fused-ring (bicyclic) bond motifs is 2. The number of piperidine rings is 3. The van der Waals surface area contributed by atoms with Crippen LogP contribution in [0.4, 0.5) is 4.39 Å². The Labute approximate surface area is 164 Å². The molecular formula is C21H22FN3O2S. The van der Waals surface area contributed by atoms with E-state index in [1.165, 1.54) is 16.5 Å². The molecule has 0 N–H and O–H groups in total. The van der Waals surface area contributed by atoms with Gasteiger partial charge in [0.05, 0.1) is 16.6 Å². The van der Waals surface area contributed by atoms with Gasteiger partial charge < -0.3 is 0 Å². The van der Waals surface area contributed by atoms with Crippen LogP contribution in [0.2, 0.25) is 0 Å². The maximum atomic E-state index is 13.5. The summed E-state index contributed by atoms with van der Waals surface area (Å²) < 4.78 is 41.8. The van der Waals surface area contributed by atoms with Crippen molar-refractivity contribution in [2.24, 2.45) is 11.0 Å². The van der Waals surface area contributed by atoms with Crippen molar-refractivity contribution >= 4 is 15.7 Å². The number of benzene rings is 2. The number of hydrogen-bond acceptors (Lipinski definition) is 4. The Morgan fingerprint density at radius 2 is 1.61 bits per heavy atom. The van der Waals surface area contributed by atoms with Crippen molar-refractivity contribution in [1.82, 2.24) is 9.31 Å². The number of sulfonamides is 1. The van der Waals surface area contributed by atoms with Gasteiger partial charge in [0, 0.05) is 5.92 Å². The van der Waals surface area contributed by atoms with E-state index >= 15 is 0 Å².